The van der Waals surface area contributed by atoms with Crippen molar-refractivity contribution in [3.05, 3.63) is 23.8 Å². The fourth-order valence-corrected chi connectivity index (χ4v) is 2.56. The minimum atomic E-state index is -0.0277. The van der Waals surface area contributed by atoms with E-state index in [4.69, 9.17) is 4.74 Å². The number of phenolic OH excluding ortho intramolecular Hbond substituents is 1. The van der Waals surface area contributed by atoms with Crippen LogP contribution in [0.25, 0.3) is 0 Å². The van der Waals surface area contributed by atoms with Crippen LogP contribution in [0.2, 0.25) is 0 Å². The number of unbranched alkanes of at least 4 members (excludes halogenated alkanes) is 2. The molecule has 1 saturated carbocycles. The zero-order valence-corrected chi connectivity index (χ0v) is 13.2. The van der Waals surface area contributed by atoms with Crippen LogP contribution >= 0.6 is 0 Å². The predicted octanol–water partition coefficient (Wildman–Crippen LogP) is 3.07. The molecule has 2 unspecified atom stereocenters. The van der Waals surface area contributed by atoms with Gasteiger partial charge in [0.05, 0.1) is 13.3 Å². The fourth-order valence-electron chi connectivity index (χ4n) is 2.56. The molecule has 0 aliphatic heterocycles. The highest BCUT2D eigenvalue weighted by Gasteiger charge is 2.42. The molecule has 0 radical (unpaired) electrons. The lowest BCUT2D eigenvalue weighted by molar-refractivity contribution is -0.122. The van der Waals surface area contributed by atoms with Crippen molar-refractivity contribution in [3.8, 4) is 11.5 Å². The number of hydrogen-bond acceptors (Lipinski definition) is 4. The minimum Gasteiger partial charge on any atom is -0.507 e. The molecule has 1 aliphatic carbocycles. The highest BCUT2D eigenvalue weighted by molar-refractivity contribution is 5.86. The van der Waals surface area contributed by atoms with Crippen LogP contribution in [0.3, 0.4) is 0 Å². The summed E-state index contributed by atoms with van der Waals surface area (Å²) in [6, 6.07) is 4.86. The summed E-state index contributed by atoms with van der Waals surface area (Å²) in [5.74, 6) is 1.33. The van der Waals surface area contributed by atoms with E-state index in [1.807, 2.05) is 0 Å². The maximum absolute atomic E-state index is 11.9. The van der Waals surface area contributed by atoms with Crippen LogP contribution in [0.4, 0.5) is 0 Å². The summed E-state index contributed by atoms with van der Waals surface area (Å²) in [4.78, 5) is 11.9. The van der Waals surface area contributed by atoms with Gasteiger partial charge >= 0.3 is 0 Å². The van der Waals surface area contributed by atoms with Crippen molar-refractivity contribution >= 4 is 12.1 Å². The minimum absolute atomic E-state index is 0.0277. The number of aromatic hydroxyl groups is 1. The van der Waals surface area contributed by atoms with Crippen molar-refractivity contribution in [3.63, 3.8) is 0 Å². The molecule has 120 valence electrons. The molecule has 1 fully saturated rings. The van der Waals surface area contributed by atoms with Crippen LogP contribution < -0.4 is 10.2 Å². The number of hydrogen-bond donors (Lipinski definition) is 2. The quantitative estimate of drug-likeness (QED) is 0.440. The molecule has 5 heteroatoms. The third-order valence-electron chi connectivity index (χ3n) is 4.05. The Balaban J connectivity index is 1.79. The number of ether oxygens (including phenoxy) is 1. The van der Waals surface area contributed by atoms with Gasteiger partial charge in [-0.05, 0) is 37.0 Å². The Morgan fingerprint density at radius 2 is 2.32 bits per heavy atom. The van der Waals surface area contributed by atoms with E-state index in [2.05, 4.69) is 17.5 Å². The molecule has 0 bridgehead atoms. The maximum atomic E-state index is 11.9. The number of nitrogens with one attached hydrogen (secondary N) is 1. The molecule has 22 heavy (non-hydrogen) atoms. The molecule has 0 spiro atoms. The molecule has 1 aromatic carbocycles. The molecule has 1 aromatic rings. The van der Waals surface area contributed by atoms with Crippen molar-refractivity contribution in [2.45, 2.75) is 39.0 Å². The van der Waals surface area contributed by atoms with Gasteiger partial charge in [-0.15, -0.1) is 0 Å². The van der Waals surface area contributed by atoms with Crippen molar-refractivity contribution in [2.24, 2.45) is 16.9 Å². The number of rotatable bonds is 8. The molecular weight excluding hydrogens is 280 g/mol. The van der Waals surface area contributed by atoms with Crippen molar-refractivity contribution in [1.29, 1.82) is 0 Å². The summed E-state index contributed by atoms with van der Waals surface area (Å²) in [5.41, 5.74) is 3.07. The number of methoxy groups -OCH3 is 1. The number of hydrazone groups is 1. The van der Waals surface area contributed by atoms with Crippen LogP contribution in [0.1, 0.15) is 44.6 Å². The van der Waals surface area contributed by atoms with Crippen molar-refractivity contribution in [2.75, 3.05) is 7.11 Å². The number of carbonyl (C=O) groups is 1. The van der Waals surface area contributed by atoms with Gasteiger partial charge in [0.1, 0.15) is 11.5 Å². The normalized spacial score (nSPS) is 20.1. The van der Waals surface area contributed by atoms with Gasteiger partial charge in [0, 0.05) is 11.5 Å². The SMILES string of the molecule is CCCCCC1CC1C(=O)N/N=C\c1cc(OC)ccc1O. The van der Waals surface area contributed by atoms with Gasteiger partial charge < -0.3 is 9.84 Å². The van der Waals surface area contributed by atoms with Gasteiger partial charge in [-0.1, -0.05) is 26.2 Å². The van der Waals surface area contributed by atoms with Gasteiger partial charge in [0.25, 0.3) is 0 Å². The Labute approximate surface area is 131 Å². The van der Waals surface area contributed by atoms with Crippen LogP contribution in [0.5, 0.6) is 11.5 Å². The summed E-state index contributed by atoms with van der Waals surface area (Å²) >= 11 is 0. The lowest BCUT2D eigenvalue weighted by atomic mass is 10.1. The molecule has 2 N–H and O–H groups in total. The number of nitrogens with zero attached hydrogens (tertiary/aromatic N) is 1. The molecule has 0 heterocycles. The van der Waals surface area contributed by atoms with E-state index in [1.54, 1.807) is 19.2 Å². The summed E-state index contributed by atoms with van der Waals surface area (Å²) in [5, 5.41) is 13.7. The second kappa shape index (κ2) is 7.82. The Morgan fingerprint density at radius 1 is 1.50 bits per heavy atom. The topological polar surface area (TPSA) is 70.9 Å². The van der Waals surface area contributed by atoms with Crippen LogP contribution in [0, 0.1) is 11.8 Å². The van der Waals surface area contributed by atoms with E-state index < -0.39 is 0 Å². The zero-order valence-electron chi connectivity index (χ0n) is 13.2. The highest BCUT2D eigenvalue weighted by atomic mass is 16.5. The number of benzene rings is 1. The molecule has 5 nitrogen and oxygen atoms in total. The second-order valence-electron chi connectivity index (χ2n) is 5.76. The van der Waals surface area contributed by atoms with E-state index >= 15 is 0 Å². The standard InChI is InChI=1S/C17H24N2O3/c1-3-4-5-6-12-10-15(12)17(21)19-18-11-13-9-14(22-2)7-8-16(13)20/h7-9,11-12,15,20H,3-6,10H2,1-2H3,(H,19,21)/b18-11-. The van der Waals surface area contributed by atoms with Crippen molar-refractivity contribution < 1.29 is 14.6 Å². The van der Waals surface area contributed by atoms with E-state index in [9.17, 15) is 9.90 Å². The lowest BCUT2D eigenvalue weighted by Gasteiger charge is -2.03. The third-order valence-corrected chi connectivity index (χ3v) is 4.05. The van der Waals surface area contributed by atoms with Gasteiger partial charge in [-0.3, -0.25) is 4.79 Å². The Morgan fingerprint density at radius 3 is 3.05 bits per heavy atom. The maximum Gasteiger partial charge on any atom is 0.243 e. The summed E-state index contributed by atoms with van der Waals surface area (Å²) < 4.78 is 5.09. The first-order valence-electron chi connectivity index (χ1n) is 7.85. The summed E-state index contributed by atoms with van der Waals surface area (Å²) in [6.07, 6.45) is 7.17. The molecule has 0 saturated heterocycles. The monoisotopic (exact) mass is 304 g/mol. The van der Waals surface area contributed by atoms with E-state index in [-0.39, 0.29) is 17.6 Å². The first-order valence-corrected chi connectivity index (χ1v) is 7.85. The number of phenols is 1. The summed E-state index contributed by atoms with van der Waals surface area (Å²) in [6.45, 7) is 2.18. The second-order valence-corrected chi connectivity index (χ2v) is 5.76. The largest absolute Gasteiger partial charge is 0.507 e. The molecular formula is C17H24N2O3. The Hall–Kier alpha value is -2.04. The van der Waals surface area contributed by atoms with Gasteiger partial charge in [-0.2, -0.15) is 5.10 Å². The van der Waals surface area contributed by atoms with E-state index in [0.717, 1.165) is 12.8 Å². The molecule has 0 aromatic heterocycles. The highest BCUT2D eigenvalue weighted by Crippen LogP contribution is 2.42. The molecule has 2 atom stereocenters. The average molecular weight is 304 g/mol. The van der Waals surface area contributed by atoms with Crippen LogP contribution in [0.15, 0.2) is 23.3 Å². The van der Waals surface area contributed by atoms with Crippen LogP contribution in [-0.4, -0.2) is 24.3 Å². The van der Waals surface area contributed by atoms with Gasteiger partial charge in [-0.25, -0.2) is 5.43 Å². The Kier molecular flexibility index (Phi) is 5.81. The smallest absolute Gasteiger partial charge is 0.243 e. The molecule has 1 aliphatic rings. The average Bonchev–Trinajstić information content (AvgIpc) is 3.29. The van der Waals surface area contributed by atoms with E-state index in [0.29, 0.717) is 17.2 Å². The first-order chi connectivity index (χ1) is 10.7. The predicted molar refractivity (Wildman–Crippen MR) is 86.1 cm³/mol. The number of amides is 1. The lowest BCUT2D eigenvalue weighted by Crippen LogP contribution is -2.20. The summed E-state index contributed by atoms with van der Waals surface area (Å²) in [7, 11) is 1.56. The van der Waals surface area contributed by atoms with Crippen LogP contribution in [-0.2, 0) is 4.79 Å². The van der Waals surface area contributed by atoms with Gasteiger partial charge in [0.2, 0.25) is 5.91 Å². The first kappa shape index (κ1) is 16.3. The number of carbonyl (C=O) groups excluding carboxylic acids is 1. The molecule has 2 rings (SSSR count). The van der Waals surface area contributed by atoms with Crippen molar-refractivity contribution in [1.82, 2.24) is 5.43 Å². The van der Waals surface area contributed by atoms with E-state index in [1.165, 1.54) is 31.5 Å². The Bertz CT molecular complexity index is 543. The molecule has 1 amide bonds. The zero-order chi connectivity index (χ0) is 15.9. The fraction of sp³-hybridized carbons (Fsp3) is 0.529. The van der Waals surface area contributed by atoms with Gasteiger partial charge in [0.15, 0.2) is 0 Å². The third kappa shape index (κ3) is 4.48.